The number of hydrogen-bond donors (Lipinski definition) is 5. The summed E-state index contributed by atoms with van der Waals surface area (Å²) in [7, 11) is 0. The minimum Gasteiger partial charge on any atom is -0.459 e. The molecule has 0 saturated carbocycles. The molecule has 0 spiro atoms. The van der Waals surface area contributed by atoms with Gasteiger partial charge in [-0.05, 0) is 46.7 Å². The van der Waals surface area contributed by atoms with Gasteiger partial charge in [0.2, 0.25) is 5.95 Å². The van der Waals surface area contributed by atoms with Crippen LogP contribution in [0, 0.1) is 0 Å². The number of ether oxygens (including phenoxy) is 2. The Balaban J connectivity index is 0.00000172. The zero-order valence-electron chi connectivity index (χ0n) is 24.5. The van der Waals surface area contributed by atoms with Gasteiger partial charge in [-0.2, -0.15) is 9.97 Å². The lowest BCUT2D eigenvalue weighted by Crippen LogP contribution is -2.37. The van der Waals surface area contributed by atoms with Gasteiger partial charge in [0.1, 0.15) is 23.8 Å². The quantitative estimate of drug-likeness (QED) is 0.178. The molecule has 2 aliphatic heterocycles. The number of hydrazine groups is 1. The Morgan fingerprint density at radius 3 is 2.45 bits per heavy atom. The molecule has 1 aromatic rings. The fraction of sp³-hybridized carbons (Fsp3) is 0.731. The van der Waals surface area contributed by atoms with E-state index in [0.717, 1.165) is 50.7 Å². The molecule has 0 unspecified atom stereocenters. The van der Waals surface area contributed by atoms with Crippen LogP contribution in [0.5, 0.6) is 0 Å². The first kappa shape index (κ1) is 33.2. The molecule has 0 amide bonds. The third-order valence-corrected chi connectivity index (χ3v) is 5.25. The van der Waals surface area contributed by atoms with E-state index in [9.17, 15) is 4.79 Å². The summed E-state index contributed by atoms with van der Waals surface area (Å²) in [4.78, 5) is 23.5. The molecule has 3 rings (SSSR count). The van der Waals surface area contributed by atoms with Crippen LogP contribution in [-0.2, 0) is 14.3 Å². The highest BCUT2D eigenvalue weighted by molar-refractivity contribution is 5.72. The first-order valence-corrected chi connectivity index (χ1v) is 13.8. The molecule has 12 heteroatoms. The maximum atomic E-state index is 11.9. The highest BCUT2D eigenvalue weighted by atomic mass is 16.6. The number of morpholine rings is 1. The number of piperidine rings is 1. The van der Waals surface area contributed by atoms with Gasteiger partial charge in [0, 0.05) is 37.1 Å². The van der Waals surface area contributed by atoms with Gasteiger partial charge in [-0.1, -0.05) is 27.7 Å². The lowest BCUT2D eigenvalue weighted by Gasteiger charge is -2.29. The van der Waals surface area contributed by atoms with Crippen LogP contribution >= 0.6 is 0 Å². The van der Waals surface area contributed by atoms with Crippen molar-refractivity contribution >= 4 is 23.6 Å². The largest absolute Gasteiger partial charge is 0.459 e. The normalized spacial score (nSPS) is 16.3. The van der Waals surface area contributed by atoms with E-state index in [-0.39, 0.29) is 13.1 Å². The number of nitrogens with one attached hydrogen (secondary N) is 3. The Labute approximate surface area is 228 Å². The summed E-state index contributed by atoms with van der Waals surface area (Å²) >= 11 is 0. The van der Waals surface area contributed by atoms with Crippen molar-refractivity contribution in [1.82, 2.24) is 20.3 Å². The summed E-state index contributed by atoms with van der Waals surface area (Å²) < 4.78 is 10.8. The Kier molecular flexibility index (Phi) is 15.4. The Morgan fingerprint density at radius 1 is 1.21 bits per heavy atom. The van der Waals surface area contributed by atoms with Crippen molar-refractivity contribution in [2.45, 2.75) is 73.0 Å². The lowest BCUT2D eigenvalue weighted by molar-refractivity contribution is -0.155. The van der Waals surface area contributed by atoms with Gasteiger partial charge >= 0.3 is 5.97 Å². The molecule has 0 atom stereocenters. The lowest BCUT2D eigenvalue weighted by atomic mass is 10.1. The number of esters is 1. The fourth-order valence-corrected chi connectivity index (χ4v) is 3.73. The summed E-state index contributed by atoms with van der Waals surface area (Å²) in [5.41, 5.74) is 5.97. The molecule has 12 nitrogen and oxygen atoms in total. The van der Waals surface area contributed by atoms with E-state index in [1.54, 1.807) is 20.8 Å². The molecule has 3 heterocycles. The molecular formula is C26H51N9O3. The van der Waals surface area contributed by atoms with Crippen LogP contribution in [0.2, 0.25) is 0 Å². The molecule has 38 heavy (non-hydrogen) atoms. The van der Waals surface area contributed by atoms with Gasteiger partial charge in [-0.15, -0.1) is 0 Å². The second-order valence-electron chi connectivity index (χ2n) is 9.52. The zero-order valence-corrected chi connectivity index (χ0v) is 24.5. The second kappa shape index (κ2) is 17.6. The van der Waals surface area contributed by atoms with Gasteiger partial charge in [0.05, 0.1) is 19.8 Å². The van der Waals surface area contributed by atoms with Gasteiger partial charge in [-0.3, -0.25) is 4.79 Å². The maximum Gasteiger partial charge on any atom is 0.327 e. The molecule has 0 aromatic carbocycles. The smallest absolute Gasteiger partial charge is 0.327 e. The van der Waals surface area contributed by atoms with E-state index < -0.39 is 11.6 Å². The topological polar surface area (TPSA) is 156 Å². The van der Waals surface area contributed by atoms with Crippen LogP contribution in [0.3, 0.4) is 0 Å². The van der Waals surface area contributed by atoms with E-state index in [2.05, 4.69) is 30.8 Å². The summed E-state index contributed by atoms with van der Waals surface area (Å²) in [5, 5.41) is 11.3. The van der Waals surface area contributed by atoms with Gasteiger partial charge in [-0.25, -0.2) is 5.84 Å². The summed E-state index contributed by atoms with van der Waals surface area (Å²) in [5.74, 6) is 7.55. The predicted molar refractivity (Wildman–Crippen MR) is 155 cm³/mol. The molecular weight excluding hydrogens is 486 g/mol. The van der Waals surface area contributed by atoms with Crippen molar-refractivity contribution in [3.05, 3.63) is 18.0 Å². The predicted octanol–water partition coefficient (Wildman–Crippen LogP) is 2.26. The van der Waals surface area contributed by atoms with E-state index in [4.69, 9.17) is 21.1 Å². The third-order valence-electron chi connectivity index (χ3n) is 5.25. The number of rotatable bonds is 9. The second-order valence-corrected chi connectivity index (χ2v) is 9.52. The van der Waals surface area contributed by atoms with Crippen LogP contribution in [0.25, 0.3) is 0 Å². The fourth-order valence-electron chi connectivity index (χ4n) is 3.73. The van der Waals surface area contributed by atoms with E-state index in [0.29, 0.717) is 30.9 Å². The van der Waals surface area contributed by atoms with Crippen molar-refractivity contribution < 1.29 is 14.3 Å². The Bertz CT molecular complexity index is 834. The number of hydrogen-bond acceptors (Lipinski definition) is 12. The van der Waals surface area contributed by atoms with Gasteiger partial charge in [0.15, 0.2) is 0 Å². The number of anilines is 3. The van der Waals surface area contributed by atoms with Crippen molar-refractivity contribution in [1.29, 1.82) is 0 Å². The first-order chi connectivity index (χ1) is 18.2. The molecule has 2 aliphatic rings. The van der Waals surface area contributed by atoms with Crippen molar-refractivity contribution in [3.8, 4) is 0 Å². The minimum atomic E-state index is -0.572. The highest BCUT2D eigenvalue weighted by Gasteiger charge is 2.19. The van der Waals surface area contributed by atoms with Crippen molar-refractivity contribution in [2.75, 3.05) is 68.0 Å². The summed E-state index contributed by atoms with van der Waals surface area (Å²) in [6.45, 7) is 18.4. The molecule has 0 bridgehead atoms. The van der Waals surface area contributed by atoms with Gasteiger partial charge < -0.3 is 41.1 Å². The van der Waals surface area contributed by atoms with Crippen molar-refractivity contribution in [3.63, 3.8) is 0 Å². The number of carbonyl (C=O) groups excluding carboxylic acids is 1. The Morgan fingerprint density at radius 2 is 1.84 bits per heavy atom. The number of nitrogens with zero attached hydrogens (tertiary/aromatic N) is 4. The number of carbonyl (C=O) groups is 1. The van der Waals surface area contributed by atoms with E-state index in [1.807, 2.05) is 33.8 Å². The van der Waals surface area contributed by atoms with E-state index in [1.165, 1.54) is 11.2 Å². The highest BCUT2D eigenvalue weighted by Crippen LogP contribution is 2.21. The zero-order chi connectivity index (χ0) is 28.6. The van der Waals surface area contributed by atoms with Gasteiger partial charge in [0.25, 0.3) is 0 Å². The van der Waals surface area contributed by atoms with Crippen LogP contribution < -0.4 is 32.4 Å². The average Bonchev–Trinajstić information content (AvgIpc) is 2.89. The van der Waals surface area contributed by atoms with Crippen LogP contribution in [0.1, 0.15) is 61.3 Å². The SMILES string of the molecule is CC.CC.CC(C)(C)OC(=O)CN(N)/C=C(\N)CNc1nc(NC2CCNCC2)cc(N2CCOCC2)n1. The average molecular weight is 538 g/mol. The molecule has 2 saturated heterocycles. The maximum absolute atomic E-state index is 11.9. The Hall–Kier alpha value is -2.83. The molecule has 0 aliphatic carbocycles. The van der Waals surface area contributed by atoms with Crippen LogP contribution in [-0.4, -0.2) is 85.1 Å². The monoisotopic (exact) mass is 537 g/mol. The van der Waals surface area contributed by atoms with Crippen LogP contribution in [0.15, 0.2) is 18.0 Å². The standard InChI is InChI=1S/C22H39N9O3.2C2H6/c1-22(2,3)34-20(32)15-31(24)14-16(23)13-26-21-28-18(27-17-4-6-25-7-5-17)12-19(29-21)30-8-10-33-11-9-30;2*1-2/h12,14,17,25H,4-11,13,15,23-24H2,1-3H3,(H2,26,27,28,29);2*1-2H3/b16-14-;;. The van der Waals surface area contributed by atoms with Crippen molar-refractivity contribution in [2.24, 2.45) is 11.6 Å². The third kappa shape index (κ3) is 13.1. The summed E-state index contributed by atoms with van der Waals surface area (Å²) in [6.07, 6.45) is 3.58. The molecule has 218 valence electrons. The van der Waals surface area contributed by atoms with E-state index >= 15 is 0 Å². The number of aromatic nitrogens is 2. The number of nitrogens with two attached hydrogens (primary N) is 2. The molecule has 7 N–H and O–H groups in total. The first-order valence-electron chi connectivity index (χ1n) is 13.8. The minimum absolute atomic E-state index is 0.106. The molecule has 0 radical (unpaired) electrons. The molecule has 1 aromatic heterocycles. The summed E-state index contributed by atoms with van der Waals surface area (Å²) in [6, 6.07) is 2.35. The molecule has 2 fully saturated rings. The van der Waals surface area contributed by atoms with Crippen LogP contribution in [0.4, 0.5) is 17.6 Å².